The monoisotopic (exact) mass is 496 g/mol. The van der Waals surface area contributed by atoms with Crippen LogP contribution in [0.4, 0.5) is 0 Å². The average Bonchev–Trinajstić information content (AvgIpc) is 2.60. The van der Waals surface area contributed by atoms with Crippen molar-refractivity contribution in [1.29, 1.82) is 0 Å². The Morgan fingerprint density at radius 2 is 1.14 bits per heavy atom. The van der Waals surface area contributed by atoms with Crippen LogP contribution in [0.3, 0.4) is 0 Å². The standard InChI is InChI=1S/C17H14NP.Au.ClH/c1-3-9-15(10-4-1)19(16-11-5-2-6-12-16)17-13-7-8-14-18-17;;/h1-14H;;1H/q;+1;. The summed E-state index contributed by atoms with van der Waals surface area (Å²) in [5.74, 6) is 0. The smallest absolute Gasteiger partial charge is 0.190 e. The second kappa shape index (κ2) is 9.15. The molecule has 1 aromatic heterocycles. The van der Waals surface area contributed by atoms with Crippen molar-refractivity contribution >= 4 is 33.2 Å². The Morgan fingerprint density at radius 3 is 1.57 bits per heavy atom. The van der Waals surface area contributed by atoms with E-state index in [9.17, 15) is 0 Å². The van der Waals surface area contributed by atoms with Gasteiger partial charge in [-0.25, -0.2) is 4.98 Å². The number of aromatic nitrogens is 1. The second-order valence-electron chi connectivity index (χ2n) is 4.32. The molecule has 2 aromatic carbocycles. The van der Waals surface area contributed by atoms with Gasteiger partial charge in [-0.15, -0.1) is 0 Å². The van der Waals surface area contributed by atoms with Gasteiger partial charge in [0.15, 0.2) is 5.44 Å². The van der Waals surface area contributed by atoms with E-state index in [-0.39, 0.29) is 0 Å². The third-order valence-electron chi connectivity index (χ3n) is 3.05. The number of pyridine rings is 1. The van der Waals surface area contributed by atoms with Gasteiger partial charge >= 0.3 is 29.2 Å². The van der Waals surface area contributed by atoms with Gasteiger partial charge in [-0.3, -0.25) is 0 Å². The molecule has 0 aliphatic rings. The molecular formula is C17H15AuClNP+. The van der Waals surface area contributed by atoms with Crippen molar-refractivity contribution in [2.75, 3.05) is 0 Å². The summed E-state index contributed by atoms with van der Waals surface area (Å²) in [6, 6.07) is 27.5. The summed E-state index contributed by atoms with van der Waals surface area (Å²) in [5.41, 5.74) is 1.19. The third kappa shape index (κ3) is 4.51. The minimum absolute atomic E-state index is 0.988. The van der Waals surface area contributed by atoms with Crippen LogP contribution in [0, 0.1) is 0 Å². The van der Waals surface area contributed by atoms with Gasteiger partial charge in [-0.05, 0) is 30.3 Å². The topological polar surface area (TPSA) is 12.9 Å². The van der Waals surface area contributed by atoms with Crippen molar-refractivity contribution in [3.63, 3.8) is 0 Å². The van der Waals surface area contributed by atoms with E-state index in [1.54, 1.807) is 20.0 Å². The Balaban J connectivity index is 0.000000774. The van der Waals surface area contributed by atoms with Crippen LogP contribution in [0.1, 0.15) is 0 Å². The first-order valence-electron chi connectivity index (χ1n) is 6.46. The van der Waals surface area contributed by atoms with Crippen LogP contribution in [-0.4, -0.2) is 4.98 Å². The van der Waals surface area contributed by atoms with Crippen LogP contribution in [-0.2, 0) is 20.0 Å². The molecule has 110 valence electrons. The molecule has 21 heavy (non-hydrogen) atoms. The minimum Gasteiger partial charge on any atom is -0.222 e. The summed E-state index contributed by atoms with van der Waals surface area (Å²) in [4.78, 5) is 4.58. The molecule has 0 atom stereocenters. The van der Waals surface area contributed by atoms with E-state index in [4.69, 9.17) is 0 Å². The molecule has 4 heteroatoms. The number of rotatable bonds is 3. The van der Waals surface area contributed by atoms with Crippen molar-refractivity contribution in [2.45, 2.75) is 0 Å². The third-order valence-corrected chi connectivity index (χ3v) is 5.68. The first-order valence-corrected chi connectivity index (χ1v) is 10.6. The fourth-order valence-corrected chi connectivity index (χ4v) is 4.63. The van der Waals surface area contributed by atoms with Crippen LogP contribution in [0.2, 0.25) is 0 Å². The molecular weight excluding hydrogens is 482 g/mol. The molecule has 0 saturated carbocycles. The van der Waals surface area contributed by atoms with Gasteiger partial charge in [-0.1, -0.05) is 42.5 Å². The van der Waals surface area contributed by atoms with Crippen LogP contribution >= 0.6 is 17.1 Å². The Labute approximate surface area is 142 Å². The number of halogens is 1. The van der Waals surface area contributed by atoms with Gasteiger partial charge in [0.25, 0.3) is 0 Å². The van der Waals surface area contributed by atoms with E-state index in [1.807, 2.05) is 12.3 Å². The molecule has 3 rings (SSSR count). The molecule has 0 bridgehead atoms. The molecule has 0 N–H and O–H groups in total. The van der Waals surface area contributed by atoms with Crippen molar-refractivity contribution < 1.29 is 20.0 Å². The quantitative estimate of drug-likeness (QED) is 0.401. The predicted molar refractivity (Wildman–Crippen MR) is 90.2 cm³/mol. The second-order valence-corrected chi connectivity index (χ2v) is 6.74. The van der Waals surface area contributed by atoms with Gasteiger partial charge in [0.05, 0.1) is 0 Å². The van der Waals surface area contributed by atoms with Crippen molar-refractivity contribution in [1.82, 2.24) is 4.98 Å². The maximum absolute atomic E-state index is 4.58. The van der Waals surface area contributed by atoms with Crippen molar-refractivity contribution in [2.24, 2.45) is 0 Å². The largest absolute Gasteiger partial charge is 0.222 e. The van der Waals surface area contributed by atoms with Crippen LogP contribution in [0.5, 0.6) is 0 Å². The van der Waals surface area contributed by atoms with E-state index in [2.05, 4.69) is 87.0 Å². The van der Waals surface area contributed by atoms with Gasteiger partial charge < -0.3 is 0 Å². The van der Waals surface area contributed by atoms with Gasteiger partial charge in [0.1, 0.15) is 18.5 Å². The summed E-state index contributed by atoms with van der Waals surface area (Å²) in [7, 11) is 3.59. The maximum Gasteiger partial charge on any atom is 0.190 e. The van der Waals surface area contributed by atoms with Gasteiger partial charge in [-0.2, -0.15) is 0 Å². The first-order chi connectivity index (χ1) is 10.4. The summed E-state index contributed by atoms with van der Waals surface area (Å²) >= 11 is 1.75. The van der Waals surface area contributed by atoms with Crippen molar-refractivity contribution in [3.05, 3.63) is 85.1 Å². The van der Waals surface area contributed by atoms with E-state index in [0.29, 0.717) is 0 Å². The normalized spacial score (nSPS) is 9.90. The van der Waals surface area contributed by atoms with Gasteiger partial charge in [0.2, 0.25) is 0 Å². The summed E-state index contributed by atoms with van der Waals surface area (Å²) in [5, 5.41) is 2.75. The van der Waals surface area contributed by atoms with E-state index in [0.717, 1.165) is 0 Å². The maximum atomic E-state index is 4.58. The molecule has 1 nitrogen and oxygen atoms in total. The molecule has 0 aliphatic carbocycles. The molecule has 0 spiro atoms. The van der Waals surface area contributed by atoms with Crippen LogP contribution < -0.4 is 16.0 Å². The Hall–Kier alpha value is -0.950. The van der Waals surface area contributed by atoms with E-state index < -0.39 is 7.92 Å². The summed E-state index contributed by atoms with van der Waals surface area (Å²) in [6.07, 6.45) is 1.88. The Kier molecular flexibility index (Phi) is 7.15. The van der Waals surface area contributed by atoms with Crippen LogP contribution in [0.15, 0.2) is 85.1 Å². The predicted octanol–water partition coefficient (Wildman–Crippen LogP) is 3.26. The van der Waals surface area contributed by atoms with Gasteiger partial charge in [0, 0.05) is 12.3 Å². The molecule has 0 fully saturated rings. The molecule has 0 unspecified atom stereocenters. The summed E-state index contributed by atoms with van der Waals surface area (Å²) in [6.45, 7) is 0. The molecule has 3 aromatic rings. The number of benzene rings is 2. The van der Waals surface area contributed by atoms with Crippen molar-refractivity contribution in [3.8, 4) is 0 Å². The minimum atomic E-state index is -0.988. The summed E-state index contributed by atoms with van der Waals surface area (Å²) < 4.78 is 0. The average molecular weight is 497 g/mol. The SMILES string of the molecule is [Cl][Au].c1ccc([PH+](c2ccccc2)c2ccccn2)cc1. The van der Waals surface area contributed by atoms with E-state index >= 15 is 0 Å². The first kappa shape index (κ1) is 16.4. The zero-order chi connectivity index (χ0) is 14.9. The Morgan fingerprint density at radius 1 is 0.667 bits per heavy atom. The number of hydrogen-bond acceptors (Lipinski definition) is 1. The molecule has 0 amide bonds. The zero-order valence-electron chi connectivity index (χ0n) is 11.2. The van der Waals surface area contributed by atoms with E-state index in [1.165, 1.54) is 16.0 Å². The molecule has 0 radical (unpaired) electrons. The fourth-order valence-electron chi connectivity index (χ4n) is 2.18. The van der Waals surface area contributed by atoms with Crippen LogP contribution in [0.25, 0.3) is 0 Å². The fraction of sp³-hybridized carbons (Fsp3) is 0. The Bertz CT molecular complexity index is 541. The molecule has 0 saturated heterocycles. The molecule has 0 aliphatic heterocycles. The number of nitrogens with zero attached hydrogens (tertiary/aromatic N) is 1. The zero-order valence-corrected chi connectivity index (χ0v) is 15.1. The number of hydrogen-bond donors (Lipinski definition) is 0. The molecule has 1 heterocycles.